The van der Waals surface area contributed by atoms with Crippen LogP contribution < -0.4 is 5.32 Å². The van der Waals surface area contributed by atoms with Gasteiger partial charge in [0.15, 0.2) is 11.5 Å². The summed E-state index contributed by atoms with van der Waals surface area (Å²) in [5, 5.41) is 11.1. The lowest BCUT2D eigenvalue weighted by molar-refractivity contribution is 0.0938. The minimum atomic E-state index is -0.815. The molecule has 0 aliphatic heterocycles. The highest BCUT2D eigenvalue weighted by Gasteiger charge is 2.33. The first-order valence-electron chi connectivity index (χ1n) is 9.59. The Balaban J connectivity index is 1.58. The van der Waals surface area contributed by atoms with E-state index in [4.69, 9.17) is 16.1 Å². The van der Waals surface area contributed by atoms with Crippen LogP contribution in [0.25, 0.3) is 11.3 Å². The largest absolute Gasteiger partial charge is 0.355 e. The summed E-state index contributed by atoms with van der Waals surface area (Å²) in [6.07, 6.45) is 3.53. The van der Waals surface area contributed by atoms with E-state index >= 15 is 0 Å². The first-order valence-corrected chi connectivity index (χ1v) is 9.96. The Labute approximate surface area is 187 Å². The van der Waals surface area contributed by atoms with Crippen molar-refractivity contribution < 1.29 is 18.1 Å². The average Bonchev–Trinajstić information content (AvgIpc) is 3.41. The highest BCUT2D eigenvalue weighted by molar-refractivity contribution is 6.29. The standard InChI is InChI=1S/C22H18ClF2N5O2/c1-22(13-10-27-30(2)11-13,19-4-3-5-20(23)28-19)12-26-21(31)17-9-18(32-29-17)15-7-6-14(24)8-16(15)25/h3-11H,12H2,1-2H3,(H,26,31)/t22-/m1/s1. The van der Waals surface area contributed by atoms with Crippen LogP contribution in [0.3, 0.4) is 0 Å². The zero-order valence-corrected chi connectivity index (χ0v) is 17.9. The molecular weight excluding hydrogens is 440 g/mol. The second kappa shape index (κ2) is 8.51. The highest BCUT2D eigenvalue weighted by Crippen LogP contribution is 2.31. The van der Waals surface area contributed by atoms with Gasteiger partial charge in [-0.1, -0.05) is 22.8 Å². The molecule has 164 valence electrons. The summed E-state index contributed by atoms with van der Waals surface area (Å²) in [5.74, 6) is -2.05. The van der Waals surface area contributed by atoms with Crippen molar-refractivity contribution in [2.75, 3.05) is 6.54 Å². The van der Waals surface area contributed by atoms with Gasteiger partial charge >= 0.3 is 0 Å². The van der Waals surface area contributed by atoms with E-state index in [1.165, 1.54) is 12.1 Å². The molecule has 4 aromatic rings. The number of benzene rings is 1. The molecule has 10 heteroatoms. The fourth-order valence-electron chi connectivity index (χ4n) is 3.31. The van der Waals surface area contributed by atoms with Gasteiger partial charge in [-0.15, -0.1) is 0 Å². The van der Waals surface area contributed by atoms with Gasteiger partial charge < -0.3 is 9.84 Å². The molecule has 0 aliphatic carbocycles. The molecule has 7 nitrogen and oxygen atoms in total. The zero-order valence-electron chi connectivity index (χ0n) is 17.1. The predicted octanol–water partition coefficient (Wildman–Crippen LogP) is 4.14. The Bertz CT molecular complexity index is 1290. The molecule has 1 atom stereocenters. The van der Waals surface area contributed by atoms with E-state index in [1.807, 2.05) is 19.2 Å². The number of carbonyl (C=O) groups excluding carboxylic acids is 1. The molecule has 1 amide bonds. The topological polar surface area (TPSA) is 85.8 Å². The molecule has 0 fully saturated rings. The van der Waals surface area contributed by atoms with Gasteiger partial charge in [0.2, 0.25) is 0 Å². The van der Waals surface area contributed by atoms with Gasteiger partial charge in [0.05, 0.1) is 22.9 Å². The monoisotopic (exact) mass is 457 g/mol. The van der Waals surface area contributed by atoms with E-state index < -0.39 is 23.0 Å². The summed E-state index contributed by atoms with van der Waals surface area (Å²) in [4.78, 5) is 17.2. The first-order chi connectivity index (χ1) is 15.3. The molecule has 4 rings (SSSR count). The van der Waals surface area contributed by atoms with Gasteiger partial charge in [0.1, 0.15) is 16.8 Å². The van der Waals surface area contributed by atoms with Crippen LogP contribution in [0, 0.1) is 11.6 Å². The number of hydrogen-bond acceptors (Lipinski definition) is 5. The molecule has 0 radical (unpaired) electrons. The molecule has 3 aromatic heterocycles. The van der Waals surface area contributed by atoms with Gasteiger partial charge in [-0.2, -0.15) is 5.10 Å². The maximum absolute atomic E-state index is 14.0. The molecule has 1 aromatic carbocycles. The quantitative estimate of drug-likeness (QED) is 0.440. The number of pyridine rings is 1. The Morgan fingerprint density at radius 1 is 1.25 bits per heavy atom. The summed E-state index contributed by atoms with van der Waals surface area (Å²) in [6, 6.07) is 9.60. The van der Waals surface area contributed by atoms with E-state index in [2.05, 4.69) is 20.6 Å². The number of hydrogen-bond donors (Lipinski definition) is 1. The van der Waals surface area contributed by atoms with Crippen molar-refractivity contribution >= 4 is 17.5 Å². The van der Waals surface area contributed by atoms with Crippen molar-refractivity contribution in [2.24, 2.45) is 7.05 Å². The lowest BCUT2D eigenvalue weighted by Gasteiger charge is -2.28. The highest BCUT2D eigenvalue weighted by atomic mass is 35.5. The summed E-state index contributed by atoms with van der Waals surface area (Å²) >= 11 is 6.09. The van der Waals surface area contributed by atoms with Crippen LogP contribution in [0.5, 0.6) is 0 Å². The van der Waals surface area contributed by atoms with Gasteiger partial charge in [-0.25, -0.2) is 13.8 Å². The molecule has 0 saturated carbocycles. The maximum atomic E-state index is 14.0. The third-order valence-electron chi connectivity index (χ3n) is 5.16. The van der Waals surface area contributed by atoms with Crippen LogP contribution in [0.2, 0.25) is 5.15 Å². The molecule has 0 saturated heterocycles. The van der Waals surface area contributed by atoms with Crippen molar-refractivity contribution in [3.63, 3.8) is 0 Å². The maximum Gasteiger partial charge on any atom is 0.273 e. The van der Waals surface area contributed by atoms with E-state index in [9.17, 15) is 13.6 Å². The van der Waals surface area contributed by atoms with E-state index in [1.54, 1.807) is 30.1 Å². The van der Waals surface area contributed by atoms with E-state index in [0.29, 0.717) is 10.8 Å². The molecule has 0 bridgehead atoms. The van der Waals surface area contributed by atoms with Crippen LogP contribution in [0.1, 0.15) is 28.7 Å². The van der Waals surface area contributed by atoms with Crippen LogP contribution >= 0.6 is 11.6 Å². The number of aryl methyl sites for hydroxylation is 1. The number of halogens is 3. The summed E-state index contributed by atoms with van der Waals surface area (Å²) < 4.78 is 33.9. The fraction of sp³-hybridized carbons (Fsp3) is 0.182. The third kappa shape index (κ3) is 4.24. The van der Waals surface area contributed by atoms with Crippen molar-refractivity contribution in [3.8, 4) is 11.3 Å². The number of amides is 1. The molecule has 0 spiro atoms. The summed E-state index contributed by atoms with van der Waals surface area (Å²) in [6.45, 7) is 2.06. The number of rotatable bonds is 6. The Morgan fingerprint density at radius 2 is 2.06 bits per heavy atom. The normalized spacial score (nSPS) is 13.0. The van der Waals surface area contributed by atoms with Crippen LogP contribution in [-0.4, -0.2) is 32.4 Å². The van der Waals surface area contributed by atoms with Crippen LogP contribution in [-0.2, 0) is 12.5 Å². The fourth-order valence-corrected chi connectivity index (χ4v) is 3.47. The van der Waals surface area contributed by atoms with Gasteiger partial charge in [0.25, 0.3) is 5.91 Å². The van der Waals surface area contributed by atoms with Gasteiger partial charge in [0, 0.05) is 37.5 Å². The smallest absolute Gasteiger partial charge is 0.273 e. The minimum absolute atomic E-state index is 0.00118. The molecule has 0 unspecified atom stereocenters. The van der Waals surface area contributed by atoms with Crippen molar-refractivity contribution in [3.05, 3.63) is 88.6 Å². The predicted molar refractivity (Wildman–Crippen MR) is 113 cm³/mol. The van der Waals surface area contributed by atoms with Crippen molar-refractivity contribution in [1.82, 2.24) is 25.2 Å². The van der Waals surface area contributed by atoms with Gasteiger partial charge in [-0.05, 0) is 31.2 Å². The lowest BCUT2D eigenvalue weighted by atomic mass is 9.80. The molecular formula is C22H18ClF2N5O2. The van der Waals surface area contributed by atoms with E-state index in [0.717, 1.165) is 17.7 Å². The second-order valence-electron chi connectivity index (χ2n) is 7.46. The Kier molecular flexibility index (Phi) is 5.75. The molecule has 32 heavy (non-hydrogen) atoms. The van der Waals surface area contributed by atoms with E-state index in [-0.39, 0.29) is 23.6 Å². The lowest BCUT2D eigenvalue weighted by Crippen LogP contribution is -2.40. The average molecular weight is 458 g/mol. The number of aromatic nitrogens is 4. The number of nitrogens with one attached hydrogen (secondary N) is 1. The summed E-state index contributed by atoms with van der Waals surface area (Å²) in [7, 11) is 1.79. The van der Waals surface area contributed by atoms with Crippen LogP contribution in [0.4, 0.5) is 8.78 Å². The van der Waals surface area contributed by atoms with Crippen molar-refractivity contribution in [2.45, 2.75) is 12.3 Å². The van der Waals surface area contributed by atoms with Gasteiger partial charge in [-0.3, -0.25) is 9.48 Å². The van der Waals surface area contributed by atoms with Crippen molar-refractivity contribution in [1.29, 1.82) is 0 Å². The molecule has 3 heterocycles. The van der Waals surface area contributed by atoms with Crippen LogP contribution in [0.15, 0.2) is 59.4 Å². The Hall–Kier alpha value is -3.59. The molecule has 0 aliphatic rings. The minimum Gasteiger partial charge on any atom is -0.355 e. The summed E-state index contributed by atoms with van der Waals surface area (Å²) in [5.41, 5.74) is 0.680. The third-order valence-corrected chi connectivity index (χ3v) is 5.37. The second-order valence-corrected chi connectivity index (χ2v) is 7.85. The first kappa shape index (κ1) is 21.6. The SMILES string of the molecule is Cn1cc([C@@](C)(CNC(=O)c2cc(-c3ccc(F)cc3F)on2)c2cccc(Cl)n2)cn1. The number of nitrogens with zero attached hydrogens (tertiary/aromatic N) is 4. The zero-order chi connectivity index (χ0) is 22.9. The Morgan fingerprint density at radius 3 is 2.75 bits per heavy atom. The molecule has 1 N–H and O–H groups in total. The number of carbonyl (C=O) groups is 1.